The molecule has 0 amide bonds. The number of aryl methyl sites for hydroxylation is 1. The van der Waals surface area contributed by atoms with Crippen molar-refractivity contribution in [2.24, 2.45) is 0 Å². The number of hydrogen-bond donors (Lipinski definition) is 0. The summed E-state index contributed by atoms with van der Waals surface area (Å²) in [7, 11) is 0. The molecule has 0 bridgehead atoms. The van der Waals surface area contributed by atoms with Gasteiger partial charge in [0.25, 0.3) is 0 Å². The summed E-state index contributed by atoms with van der Waals surface area (Å²) in [6.07, 6.45) is 11.0. The molecule has 0 atom stereocenters. The average molecular weight is 420 g/mol. The van der Waals surface area contributed by atoms with E-state index >= 15 is 0 Å². The number of fused-ring (bicyclic) bond motifs is 5. The molecule has 0 aliphatic rings. The zero-order valence-corrected chi connectivity index (χ0v) is 18.9. The summed E-state index contributed by atoms with van der Waals surface area (Å²) in [5, 5.41) is 10.0. The fourth-order valence-electron chi connectivity index (χ4n) is 4.65. The van der Waals surface area contributed by atoms with Gasteiger partial charge >= 0.3 is 0 Å². The first-order valence-electron chi connectivity index (χ1n) is 11.2. The number of benzene rings is 2. The Hall–Kier alpha value is -1.84. The summed E-state index contributed by atoms with van der Waals surface area (Å²) >= 11 is 3.71. The van der Waals surface area contributed by atoms with Gasteiger partial charge in [0.2, 0.25) is 0 Å². The van der Waals surface area contributed by atoms with E-state index in [0.29, 0.717) is 0 Å². The van der Waals surface area contributed by atoms with Gasteiger partial charge in [-0.2, -0.15) is 0 Å². The molecule has 29 heavy (non-hydrogen) atoms. The molecule has 3 aromatic heterocycles. The molecule has 0 spiro atoms. The van der Waals surface area contributed by atoms with Gasteiger partial charge in [-0.05, 0) is 64.4 Å². The van der Waals surface area contributed by atoms with Crippen molar-refractivity contribution in [1.82, 2.24) is 4.57 Å². The topological polar surface area (TPSA) is 4.93 Å². The van der Waals surface area contributed by atoms with Crippen LogP contribution in [-0.2, 0) is 6.54 Å². The minimum absolute atomic E-state index is 1.13. The van der Waals surface area contributed by atoms with Gasteiger partial charge in [-0.25, -0.2) is 0 Å². The van der Waals surface area contributed by atoms with E-state index in [2.05, 4.69) is 58.6 Å². The SMILES string of the molecule is CCCCCCCCCCn1c2cc3sccc3cc2c2cc3ccsc3cc21. The predicted molar refractivity (Wildman–Crippen MR) is 133 cm³/mol. The van der Waals surface area contributed by atoms with Gasteiger partial charge in [-0.1, -0.05) is 51.9 Å². The number of thiophene rings is 2. The van der Waals surface area contributed by atoms with Crippen molar-refractivity contribution in [3.05, 3.63) is 47.2 Å². The second-order valence-corrected chi connectivity index (χ2v) is 10.2. The molecule has 3 heteroatoms. The zero-order valence-electron chi connectivity index (χ0n) is 17.2. The Balaban J connectivity index is 1.45. The molecular weight excluding hydrogens is 390 g/mol. The van der Waals surface area contributed by atoms with Crippen molar-refractivity contribution in [1.29, 1.82) is 0 Å². The van der Waals surface area contributed by atoms with E-state index < -0.39 is 0 Å². The quantitative estimate of drug-likeness (QED) is 0.210. The standard InChI is InChI=1S/C26H29NS2/c1-2-3-4-5-6-7-8-9-12-27-23-17-25-19(10-13-28-25)15-21(23)22-16-20-11-14-29-26(20)18-24(22)27/h10-11,13-18H,2-9,12H2,1H3. The van der Waals surface area contributed by atoms with Crippen LogP contribution in [0.3, 0.4) is 0 Å². The summed E-state index contributed by atoms with van der Waals surface area (Å²) in [4.78, 5) is 0. The van der Waals surface area contributed by atoms with E-state index in [1.807, 2.05) is 22.7 Å². The number of aromatic nitrogens is 1. The van der Waals surface area contributed by atoms with Gasteiger partial charge < -0.3 is 4.57 Å². The van der Waals surface area contributed by atoms with Gasteiger partial charge in [0.1, 0.15) is 0 Å². The summed E-state index contributed by atoms with van der Waals surface area (Å²) in [5.41, 5.74) is 2.83. The molecule has 0 saturated carbocycles. The van der Waals surface area contributed by atoms with Gasteiger partial charge in [0, 0.05) is 26.7 Å². The lowest BCUT2D eigenvalue weighted by atomic mass is 10.1. The van der Waals surface area contributed by atoms with Crippen LogP contribution in [0, 0.1) is 0 Å². The van der Waals surface area contributed by atoms with E-state index in [-0.39, 0.29) is 0 Å². The molecule has 0 radical (unpaired) electrons. The molecule has 3 heterocycles. The third kappa shape index (κ3) is 3.71. The average Bonchev–Trinajstić information content (AvgIpc) is 3.44. The van der Waals surface area contributed by atoms with Gasteiger partial charge in [-0.15, -0.1) is 22.7 Å². The van der Waals surface area contributed by atoms with Crippen molar-refractivity contribution < 1.29 is 0 Å². The lowest BCUT2D eigenvalue weighted by Crippen LogP contribution is -1.97. The number of unbranched alkanes of at least 4 members (excludes halogenated alkanes) is 7. The lowest BCUT2D eigenvalue weighted by molar-refractivity contribution is 0.553. The first-order chi connectivity index (χ1) is 14.3. The van der Waals surface area contributed by atoms with Crippen LogP contribution in [0.4, 0.5) is 0 Å². The molecule has 2 aromatic carbocycles. The normalized spacial score (nSPS) is 12.2. The summed E-state index contributed by atoms with van der Waals surface area (Å²) in [6, 6.07) is 14.2. The van der Waals surface area contributed by atoms with Gasteiger partial charge in [0.15, 0.2) is 0 Å². The highest BCUT2D eigenvalue weighted by Gasteiger charge is 2.13. The van der Waals surface area contributed by atoms with E-state index in [1.54, 1.807) is 0 Å². The Bertz CT molecular complexity index is 1170. The van der Waals surface area contributed by atoms with E-state index in [0.717, 1.165) is 6.54 Å². The number of rotatable bonds is 9. The van der Waals surface area contributed by atoms with E-state index in [4.69, 9.17) is 0 Å². The highest BCUT2D eigenvalue weighted by molar-refractivity contribution is 7.17. The Kier molecular flexibility index (Phi) is 5.61. The van der Waals surface area contributed by atoms with Crippen LogP contribution in [-0.4, -0.2) is 4.57 Å². The van der Waals surface area contributed by atoms with Crippen LogP contribution >= 0.6 is 22.7 Å². The highest BCUT2D eigenvalue weighted by Crippen LogP contribution is 2.37. The molecule has 5 aromatic rings. The Morgan fingerprint density at radius 3 is 1.72 bits per heavy atom. The van der Waals surface area contributed by atoms with Crippen molar-refractivity contribution in [2.45, 2.75) is 64.8 Å². The van der Waals surface area contributed by atoms with Crippen LogP contribution in [0.1, 0.15) is 58.3 Å². The predicted octanol–water partition coefficient (Wildman–Crippen LogP) is 9.36. The fourth-order valence-corrected chi connectivity index (χ4v) is 6.26. The Morgan fingerprint density at radius 2 is 1.17 bits per heavy atom. The van der Waals surface area contributed by atoms with Crippen LogP contribution < -0.4 is 0 Å². The molecule has 0 fully saturated rings. The maximum atomic E-state index is 2.60. The monoisotopic (exact) mass is 419 g/mol. The molecule has 0 saturated heterocycles. The number of nitrogens with zero attached hydrogens (tertiary/aromatic N) is 1. The molecule has 1 nitrogen and oxygen atoms in total. The van der Waals surface area contributed by atoms with Crippen LogP contribution in [0.25, 0.3) is 42.0 Å². The van der Waals surface area contributed by atoms with Crippen molar-refractivity contribution in [3.8, 4) is 0 Å². The van der Waals surface area contributed by atoms with Crippen LogP contribution in [0.5, 0.6) is 0 Å². The van der Waals surface area contributed by atoms with E-state index in [1.165, 1.54) is 93.3 Å². The third-order valence-electron chi connectivity index (χ3n) is 6.25. The van der Waals surface area contributed by atoms with Crippen molar-refractivity contribution >= 4 is 64.7 Å². The minimum Gasteiger partial charge on any atom is -0.340 e. The Morgan fingerprint density at radius 1 is 0.655 bits per heavy atom. The molecule has 0 aliphatic heterocycles. The third-order valence-corrected chi connectivity index (χ3v) is 8.01. The Labute approximate surface area is 181 Å². The molecule has 150 valence electrons. The van der Waals surface area contributed by atoms with Crippen LogP contribution in [0.2, 0.25) is 0 Å². The zero-order chi connectivity index (χ0) is 19.6. The maximum absolute atomic E-state index is 2.60. The summed E-state index contributed by atoms with van der Waals surface area (Å²) < 4.78 is 5.40. The summed E-state index contributed by atoms with van der Waals surface area (Å²) in [5.74, 6) is 0. The van der Waals surface area contributed by atoms with Gasteiger partial charge in [0.05, 0.1) is 11.0 Å². The van der Waals surface area contributed by atoms with Crippen LogP contribution in [0.15, 0.2) is 47.2 Å². The highest BCUT2D eigenvalue weighted by atomic mass is 32.1. The molecule has 5 rings (SSSR count). The summed E-state index contributed by atoms with van der Waals surface area (Å²) in [6.45, 7) is 3.42. The second kappa shape index (κ2) is 8.49. The lowest BCUT2D eigenvalue weighted by Gasteiger charge is -2.08. The molecule has 0 aliphatic carbocycles. The van der Waals surface area contributed by atoms with Crippen molar-refractivity contribution in [2.75, 3.05) is 0 Å². The van der Waals surface area contributed by atoms with Gasteiger partial charge in [-0.3, -0.25) is 0 Å². The number of hydrogen-bond acceptors (Lipinski definition) is 2. The van der Waals surface area contributed by atoms with E-state index in [9.17, 15) is 0 Å². The smallest absolute Gasteiger partial charge is 0.0505 e. The largest absolute Gasteiger partial charge is 0.340 e. The first-order valence-corrected chi connectivity index (χ1v) is 12.9. The molecule has 0 N–H and O–H groups in total. The molecule has 0 unspecified atom stereocenters. The second-order valence-electron chi connectivity index (χ2n) is 8.28. The molecular formula is C26H29NS2. The fraction of sp³-hybridized carbons (Fsp3) is 0.385. The maximum Gasteiger partial charge on any atom is 0.0505 e. The first kappa shape index (κ1) is 19.1. The van der Waals surface area contributed by atoms with Crippen molar-refractivity contribution in [3.63, 3.8) is 0 Å². The minimum atomic E-state index is 1.13.